The summed E-state index contributed by atoms with van der Waals surface area (Å²) in [6.45, 7) is 16.4. The molecule has 0 aromatic rings. The van der Waals surface area contributed by atoms with Crippen molar-refractivity contribution in [2.24, 2.45) is 11.3 Å². The average molecular weight is 211 g/mol. The highest BCUT2D eigenvalue weighted by Gasteiger charge is 2.18. The molecule has 0 aromatic heterocycles. The molecule has 2 atom stereocenters. The Morgan fingerprint density at radius 3 is 2.33 bits per heavy atom. The third-order valence-corrected chi connectivity index (χ3v) is 2.59. The van der Waals surface area contributed by atoms with E-state index < -0.39 is 0 Å². The Balaban J connectivity index is 3.98. The van der Waals surface area contributed by atoms with E-state index >= 15 is 0 Å². The van der Waals surface area contributed by atoms with Gasteiger partial charge in [0, 0.05) is 6.04 Å². The van der Waals surface area contributed by atoms with Crippen LogP contribution < -0.4 is 5.32 Å². The summed E-state index contributed by atoms with van der Waals surface area (Å²) in [7, 11) is 0. The third kappa shape index (κ3) is 8.68. The van der Waals surface area contributed by atoms with E-state index in [2.05, 4.69) is 46.5 Å². The first-order chi connectivity index (χ1) is 6.89. The molecule has 0 bridgehead atoms. The van der Waals surface area contributed by atoms with Crippen LogP contribution in [0.2, 0.25) is 0 Å². The SMILES string of the molecule is C=CCC(CC(C)CC(C)(C)C)NCC. The van der Waals surface area contributed by atoms with Crippen LogP contribution in [0, 0.1) is 11.3 Å². The Labute approximate surface area is 96.3 Å². The zero-order valence-electron chi connectivity index (χ0n) is 11.3. The van der Waals surface area contributed by atoms with E-state index in [0.29, 0.717) is 11.5 Å². The minimum Gasteiger partial charge on any atom is -0.314 e. The highest BCUT2D eigenvalue weighted by molar-refractivity contribution is 4.80. The predicted molar refractivity (Wildman–Crippen MR) is 70.1 cm³/mol. The minimum atomic E-state index is 0.449. The molecule has 90 valence electrons. The van der Waals surface area contributed by atoms with Gasteiger partial charge in [-0.25, -0.2) is 0 Å². The van der Waals surface area contributed by atoms with Gasteiger partial charge in [-0.05, 0) is 37.1 Å². The molecule has 0 heterocycles. The van der Waals surface area contributed by atoms with Crippen molar-refractivity contribution in [2.45, 2.75) is 59.9 Å². The first-order valence-electron chi connectivity index (χ1n) is 6.23. The maximum absolute atomic E-state index is 3.82. The summed E-state index contributed by atoms with van der Waals surface area (Å²) in [4.78, 5) is 0. The summed E-state index contributed by atoms with van der Waals surface area (Å²) >= 11 is 0. The first kappa shape index (κ1) is 14.7. The van der Waals surface area contributed by atoms with Gasteiger partial charge in [0.1, 0.15) is 0 Å². The monoisotopic (exact) mass is 211 g/mol. The summed E-state index contributed by atoms with van der Waals surface area (Å²) in [5, 5.41) is 3.53. The molecule has 0 saturated heterocycles. The molecule has 0 aliphatic rings. The summed E-state index contributed by atoms with van der Waals surface area (Å²) < 4.78 is 0. The van der Waals surface area contributed by atoms with Gasteiger partial charge in [-0.3, -0.25) is 0 Å². The van der Waals surface area contributed by atoms with Gasteiger partial charge in [-0.1, -0.05) is 40.7 Å². The highest BCUT2D eigenvalue weighted by Crippen LogP contribution is 2.27. The molecule has 1 N–H and O–H groups in total. The molecule has 0 aliphatic heterocycles. The van der Waals surface area contributed by atoms with Crippen molar-refractivity contribution in [3.05, 3.63) is 12.7 Å². The molecule has 0 aliphatic carbocycles. The molecular formula is C14H29N. The zero-order valence-corrected chi connectivity index (χ0v) is 11.3. The van der Waals surface area contributed by atoms with Gasteiger partial charge < -0.3 is 5.32 Å². The van der Waals surface area contributed by atoms with Crippen molar-refractivity contribution >= 4 is 0 Å². The Morgan fingerprint density at radius 1 is 1.33 bits per heavy atom. The second-order valence-electron chi connectivity index (χ2n) is 5.88. The molecule has 0 spiro atoms. The number of hydrogen-bond acceptors (Lipinski definition) is 1. The lowest BCUT2D eigenvalue weighted by Crippen LogP contribution is -2.30. The van der Waals surface area contributed by atoms with Crippen LogP contribution in [-0.2, 0) is 0 Å². The van der Waals surface area contributed by atoms with Crippen LogP contribution >= 0.6 is 0 Å². The van der Waals surface area contributed by atoms with Crippen LogP contribution in [0.25, 0.3) is 0 Å². The maximum Gasteiger partial charge on any atom is 0.0104 e. The van der Waals surface area contributed by atoms with Gasteiger partial charge in [0.25, 0.3) is 0 Å². The maximum atomic E-state index is 3.82. The topological polar surface area (TPSA) is 12.0 Å². The Hall–Kier alpha value is -0.300. The van der Waals surface area contributed by atoms with Gasteiger partial charge in [0.2, 0.25) is 0 Å². The zero-order chi connectivity index (χ0) is 11.9. The van der Waals surface area contributed by atoms with Crippen LogP contribution in [-0.4, -0.2) is 12.6 Å². The van der Waals surface area contributed by atoms with Gasteiger partial charge in [-0.15, -0.1) is 6.58 Å². The smallest absolute Gasteiger partial charge is 0.0104 e. The Bertz CT molecular complexity index is 167. The van der Waals surface area contributed by atoms with Crippen molar-refractivity contribution in [1.29, 1.82) is 0 Å². The van der Waals surface area contributed by atoms with E-state index in [1.165, 1.54) is 12.8 Å². The Morgan fingerprint density at radius 2 is 1.93 bits per heavy atom. The second kappa shape index (κ2) is 7.05. The number of rotatable bonds is 7. The molecule has 15 heavy (non-hydrogen) atoms. The molecule has 2 unspecified atom stereocenters. The molecule has 1 heteroatoms. The van der Waals surface area contributed by atoms with E-state index in [1.807, 2.05) is 6.08 Å². The summed E-state index contributed by atoms with van der Waals surface area (Å²) in [6, 6.07) is 0.616. The minimum absolute atomic E-state index is 0.449. The van der Waals surface area contributed by atoms with Crippen molar-refractivity contribution in [3.63, 3.8) is 0 Å². The van der Waals surface area contributed by atoms with Crippen LogP contribution in [0.1, 0.15) is 53.9 Å². The van der Waals surface area contributed by atoms with Crippen LogP contribution in [0.3, 0.4) is 0 Å². The van der Waals surface area contributed by atoms with E-state index in [9.17, 15) is 0 Å². The van der Waals surface area contributed by atoms with Gasteiger partial charge in [-0.2, -0.15) is 0 Å². The average Bonchev–Trinajstić information content (AvgIpc) is 2.00. The second-order valence-corrected chi connectivity index (χ2v) is 5.88. The van der Waals surface area contributed by atoms with Crippen molar-refractivity contribution in [1.82, 2.24) is 5.32 Å². The molecule has 0 saturated carbocycles. The fourth-order valence-electron chi connectivity index (χ4n) is 2.37. The fraction of sp³-hybridized carbons (Fsp3) is 0.857. The summed E-state index contributed by atoms with van der Waals surface area (Å²) in [6.07, 6.45) is 5.67. The third-order valence-electron chi connectivity index (χ3n) is 2.59. The normalized spacial score (nSPS) is 16.1. The van der Waals surface area contributed by atoms with E-state index in [1.54, 1.807) is 0 Å². The van der Waals surface area contributed by atoms with Gasteiger partial charge in [0.05, 0.1) is 0 Å². The highest BCUT2D eigenvalue weighted by atomic mass is 14.9. The standard InChI is InChI=1S/C14H29N/c1-7-9-13(15-8-2)10-12(3)11-14(4,5)6/h7,12-13,15H,1,8-11H2,2-6H3. The van der Waals surface area contributed by atoms with Crippen LogP contribution in [0.4, 0.5) is 0 Å². The van der Waals surface area contributed by atoms with Crippen LogP contribution in [0.15, 0.2) is 12.7 Å². The molecule has 0 aromatic carbocycles. The van der Waals surface area contributed by atoms with Crippen molar-refractivity contribution < 1.29 is 0 Å². The molecular weight excluding hydrogens is 182 g/mol. The van der Waals surface area contributed by atoms with E-state index in [0.717, 1.165) is 18.9 Å². The molecule has 1 nitrogen and oxygen atoms in total. The molecule has 0 fully saturated rings. The summed E-state index contributed by atoms with van der Waals surface area (Å²) in [5.41, 5.74) is 0.449. The number of hydrogen-bond donors (Lipinski definition) is 1. The van der Waals surface area contributed by atoms with Gasteiger partial charge >= 0.3 is 0 Å². The van der Waals surface area contributed by atoms with E-state index in [4.69, 9.17) is 0 Å². The molecule has 0 rings (SSSR count). The lowest BCUT2D eigenvalue weighted by atomic mass is 9.82. The van der Waals surface area contributed by atoms with Crippen LogP contribution in [0.5, 0.6) is 0 Å². The largest absolute Gasteiger partial charge is 0.314 e. The lowest BCUT2D eigenvalue weighted by Gasteiger charge is -2.26. The first-order valence-corrected chi connectivity index (χ1v) is 6.23. The quantitative estimate of drug-likeness (QED) is 0.628. The molecule has 0 radical (unpaired) electrons. The fourth-order valence-corrected chi connectivity index (χ4v) is 2.37. The Kier molecular flexibility index (Phi) is 6.91. The van der Waals surface area contributed by atoms with E-state index in [-0.39, 0.29) is 0 Å². The van der Waals surface area contributed by atoms with Crippen molar-refractivity contribution in [2.75, 3.05) is 6.54 Å². The number of nitrogens with one attached hydrogen (secondary N) is 1. The summed E-state index contributed by atoms with van der Waals surface area (Å²) in [5.74, 6) is 0.786. The predicted octanol–water partition coefficient (Wildman–Crippen LogP) is 4.00. The van der Waals surface area contributed by atoms with Crippen molar-refractivity contribution in [3.8, 4) is 0 Å². The molecule has 0 amide bonds. The lowest BCUT2D eigenvalue weighted by molar-refractivity contribution is 0.276. The van der Waals surface area contributed by atoms with Gasteiger partial charge in [0.15, 0.2) is 0 Å².